The number of hydrogen-bond acceptors (Lipinski definition) is 9. The quantitative estimate of drug-likeness (QED) is 0.273. The molecule has 6 heterocycles. The van der Waals surface area contributed by atoms with Crippen LogP contribution in [0.1, 0.15) is 55.4 Å². The van der Waals surface area contributed by atoms with Crippen molar-refractivity contribution in [3.63, 3.8) is 0 Å². The van der Waals surface area contributed by atoms with E-state index in [-0.39, 0.29) is 35.0 Å². The number of rotatable bonds is 4. The van der Waals surface area contributed by atoms with Crippen LogP contribution in [0.15, 0.2) is 70.7 Å². The van der Waals surface area contributed by atoms with E-state index in [0.717, 1.165) is 22.5 Å². The molecule has 272 valence electrons. The van der Waals surface area contributed by atoms with Gasteiger partial charge in [0, 0.05) is 83.7 Å². The minimum absolute atomic E-state index is 0.104. The van der Waals surface area contributed by atoms with Crippen molar-refractivity contribution in [2.24, 2.45) is 0 Å². The fourth-order valence-electron chi connectivity index (χ4n) is 7.25. The van der Waals surface area contributed by atoms with Gasteiger partial charge in [-0.1, -0.05) is 23.2 Å². The Morgan fingerprint density at radius 1 is 0.745 bits per heavy atom. The lowest BCUT2D eigenvalue weighted by molar-refractivity contribution is 0.00153. The van der Waals surface area contributed by atoms with Gasteiger partial charge in [-0.2, -0.15) is 18.8 Å². The molecule has 4 aromatic rings. The van der Waals surface area contributed by atoms with Gasteiger partial charge in [0.1, 0.15) is 5.60 Å². The van der Waals surface area contributed by atoms with Crippen LogP contribution in [0.4, 0.5) is 4.79 Å². The Kier molecular flexibility index (Phi) is 9.48. The summed E-state index contributed by atoms with van der Waals surface area (Å²) in [6.45, 7) is 7.10. The first-order valence-electron chi connectivity index (χ1n) is 16.4. The van der Waals surface area contributed by atoms with Gasteiger partial charge in [0.15, 0.2) is 0 Å². The lowest BCUT2D eigenvalue weighted by Crippen LogP contribution is -2.60. The number of benzene rings is 2. The summed E-state index contributed by atoms with van der Waals surface area (Å²) in [5.41, 5.74) is 3.07. The number of fused-ring (bicyclic) bond motifs is 8. The number of aromatic nitrogens is 4. The Balaban J connectivity index is 0.000000165. The van der Waals surface area contributed by atoms with E-state index in [4.69, 9.17) is 27.9 Å². The number of nitrogens with one attached hydrogen (secondary N) is 3. The minimum Gasteiger partial charge on any atom is -0.444 e. The normalized spacial score (nSPS) is 23.4. The van der Waals surface area contributed by atoms with Crippen molar-refractivity contribution in [1.29, 1.82) is 0 Å². The molecule has 0 spiro atoms. The van der Waals surface area contributed by atoms with E-state index in [1.54, 1.807) is 78.8 Å². The van der Waals surface area contributed by atoms with Crippen LogP contribution in [0.5, 0.6) is 0 Å². The molecule has 14 nitrogen and oxygen atoms in total. The number of nitrogens with zero attached hydrogens (tertiary/aromatic N) is 5. The van der Waals surface area contributed by atoms with Crippen molar-refractivity contribution in [1.82, 2.24) is 39.2 Å². The van der Waals surface area contributed by atoms with Gasteiger partial charge in [0.2, 0.25) is 20.0 Å². The fourth-order valence-corrected chi connectivity index (χ4v) is 11.1. The van der Waals surface area contributed by atoms with E-state index < -0.39 is 43.8 Å². The van der Waals surface area contributed by atoms with E-state index >= 15 is 0 Å². The zero-order valence-electron chi connectivity index (χ0n) is 28.1. The van der Waals surface area contributed by atoms with E-state index in [0.29, 0.717) is 36.0 Å². The molecule has 4 aliphatic heterocycles. The summed E-state index contributed by atoms with van der Waals surface area (Å²) in [7, 11) is -7.35. The topological polar surface area (TPSA) is 174 Å². The second-order valence-electron chi connectivity index (χ2n) is 14.0. The zero-order chi connectivity index (χ0) is 36.3. The third-order valence-corrected chi connectivity index (χ3v) is 13.9. The van der Waals surface area contributed by atoms with Gasteiger partial charge in [-0.25, -0.2) is 21.6 Å². The molecule has 4 unspecified atom stereocenters. The molecule has 51 heavy (non-hydrogen) atoms. The Morgan fingerprint density at radius 3 is 1.76 bits per heavy atom. The van der Waals surface area contributed by atoms with Gasteiger partial charge in [0.05, 0.1) is 34.3 Å². The van der Waals surface area contributed by atoms with Crippen LogP contribution in [-0.4, -0.2) is 101 Å². The molecular weight excluding hydrogens is 739 g/mol. The lowest BCUT2D eigenvalue weighted by Gasteiger charge is -2.48. The molecule has 3 N–H and O–H groups in total. The van der Waals surface area contributed by atoms with E-state index in [9.17, 15) is 21.6 Å². The predicted molar refractivity (Wildman–Crippen MR) is 189 cm³/mol. The molecule has 4 bridgehead atoms. The number of sulfonamides is 2. The third-order valence-electron chi connectivity index (χ3n) is 9.41. The van der Waals surface area contributed by atoms with E-state index in [2.05, 4.69) is 25.7 Å². The van der Waals surface area contributed by atoms with Gasteiger partial charge < -0.3 is 15.0 Å². The standard InChI is InChI=1S/C19H23ClN4O4S.C14H15ClN4O2S/c1-19(2,3)28-18(25)23-10-13-8-16-15(9-21-22-16)17(11-23)24(13)29(26,27)14-6-4-12(20)5-7-14;15-9-1-3-11(4-2-9)22(20,21)19-10-5-13-12(7-17-18-13)14(19)8-16-6-10/h4-7,9,13,17H,8,10-11H2,1-3H3,(H,21,22);1-4,7,10,14,16H,5-6,8H2,(H,17,18). The van der Waals surface area contributed by atoms with Gasteiger partial charge in [-0.15, -0.1) is 0 Å². The van der Waals surface area contributed by atoms with Crippen LogP contribution in [0, 0.1) is 0 Å². The number of aromatic amines is 2. The maximum absolute atomic E-state index is 13.5. The summed E-state index contributed by atoms with van der Waals surface area (Å²) >= 11 is 11.8. The summed E-state index contributed by atoms with van der Waals surface area (Å²) in [5.74, 6) is 0. The zero-order valence-corrected chi connectivity index (χ0v) is 31.2. The molecule has 8 rings (SSSR count). The van der Waals surface area contributed by atoms with Crippen LogP contribution in [0.25, 0.3) is 0 Å². The second-order valence-corrected chi connectivity index (χ2v) is 18.5. The average molecular weight is 778 g/mol. The molecular formula is C33H38Cl2N8O6S2. The summed E-state index contributed by atoms with van der Waals surface area (Å²) in [6, 6.07) is 11.2. The first-order valence-corrected chi connectivity index (χ1v) is 20.1. The minimum atomic E-state index is -3.79. The number of piperazine rings is 2. The predicted octanol–water partition coefficient (Wildman–Crippen LogP) is 4.29. The molecule has 0 saturated carbocycles. The SMILES string of the molecule is CC(C)(C)OC(=O)N1CC2Cc3[nH]ncc3C(C1)N2S(=O)(=O)c1ccc(Cl)cc1.O=S(=O)(c1ccc(Cl)cc1)N1C2CNCC1c1cn[nH]c1C2. The molecule has 0 aliphatic carbocycles. The molecule has 4 atom stereocenters. The van der Waals surface area contributed by atoms with E-state index in [1.165, 1.54) is 16.4 Å². The molecule has 2 saturated heterocycles. The molecule has 4 aliphatic rings. The van der Waals surface area contributed by atoms with Crippen molar-refractivity contribution in [3.05, 3.63) is 93.5 Å². The first-order chi connectivity index (χ1) is 24.1. The van der Waals surface area contributed by atoms with Crippen molar-refractivity contribution >= 4 is 49.3 Å². The van der Waals surface area contributed by atoms with Crippen LogP contribution >= 0.6 is 23.2 Å². The van der Waals surface area contributed by atoms with Gasteiger partial charge in [-0.05, 0) is 69.3 Å². The highest BCUT2D eigenvalue weighted by molar-refractivity contribution is 7.89. The average Bonchev–Trinajstić information content (AvgIpc) is 3.74. The maximum Gasteiger partial charge on any atom is 0.410 e. The van der Waals surface area contributed by atoms with Crippen molar-refractivity contribution in [2.75, 3.05) is 26.2 Å². The molecule has 2 aromatic carbocycles. The smallest absolute Gasteiger partial charge is 0.410 e. The molecule has 2 aromatic heterocycles. The molecule has 18 heteroatoms. The summed E-state index contributed by atoms with van der Waals surface area (Å²) in [4.78, 5) is 14.7. The number of hydrogen-bond donors (Lipinski definition) is 3. The van der Waals surface area contributed by atoms with Crippen LogP contribution < -0.4 is 5.32 Å². The van der Waals surface area contributed by atoms with Crippen LogP contribution in [-0.2, 0) is 37.6 Å². The van der Waals surface area contributed by atoms with Crippen LogP contribution in [0.3, 0.4) is 0 Å². The largest absolute Gasteiger partial charge is 0.444 e. The Morgan fingerprint density at radius 2 is 1.24 bits per heavy atom. The molecule has 0 radical (unpaired) electrons. The number of H-pyrrole nitrogens is 2. The Labute approximate surface area is 306 Å². The van der Waals surface area contributed by atoms with Gasteiger partial charge in [-0.3, -0.25) is 10.2 Å². The summed E-state index contributed by atoms with van der Waals surface area (Å²) in [6.07, 6.45) is 4.01. The number of halogens is 2. The van der Waals surface area contributed by atoms with Gasteiger partial charge in [0.25, 0.3) is 0 Å². The van der Waals surface area contributed by atoms with Crippen molar-refractivity contribution in [3.8, 4) is 0 Å². The van der Waals surface area contributed by atoms with E-state index in [1.807, 2.05) is 0 Å². The number of carbonyl (C=O) groups is 1. The number of ether oxygens (including phenoxy) is 1. The lowest BCUT2D eigenvalue weighted by atomic mass is 9.92. The first kappa shape index (κ1) is 35.9. The fraction of sp³-hybridized carbons (Fsp3) is 0.424. The van der Waals surface area contributed by atoms with Crippen molar-refractivity contribution in [2.45, 2.75) is 73.2 Å². The van der Waals surface area contributed by atoms with Crippen molar-refractivity contribution < 1.29 is 26.4 Å². The molecule has 2 fully saturated rings. The Bertz CT molecular complexity index is 2140. The highest BCUT2D eigenvalue weighted by Gasteiger charge is 2.49. The maximum atomic E-state index is 13.5. The Hall–Kier alpha value is -3.51. The molecule has 1 amide bonds. The summed E-state index contributed by atoms with van der Waals surface area (Å²) < 4.78 is 61.7. The van der Waals surface area contributed by atoms with Crippen LogP contribution in [0.2, 0.25) is 10.0 Å². The summed E-state index contributed by atoms with van der Waals surface area (Å²) in [5, 5.41) is 18.4. The number of amides is 1. The second kappa shape index (κ2) is 13.5. The number of carbonyl (C=O) groups excluding carboxylic acids is 1. The monoisotopic (exact) mass is 776 g/mol. The highest BCUT2D eigenvalue weighted by Crippen LogP contribution is 2.41. The third kappa shape index (κ3) is 6.90. The highest BCUT2D eigenvalue weighted by atomic mass is 35.5. The van der Waals surface area contributed by atoms with Gasteiger partial charge >= 0.3 is 6.09 Å².